The number of hydrogen-bond donors (Lipinski definition) is 1. The van der Waals surface area contributed by atoms with E-state index in [9.17, 15) is 13.6 Å². The number of fused-ring (bicyclic) bond motifs is 1. The molecule has 0 saturated heterocycles. The molecule has 2 saturated carbocycles. The monoisotopic (exact) mass is 356 g/mol. The van der Waals surface area contributed by atoms with Gasteiger partial charge in [-0.2, -0.15) is 0 Å². The first-order valence-corrected chi connectivity index (χ1v) is 8.82. The van der Waals surface area contributed by atoms with Crippen molar-refractivity contribution in [2.24, 2.45) is 0 Å². The Morgan fingerprint density at radius 1 is 1.23 bits per heavy atom. The lowest BCUT2D eigenvalue weighted by molar-refractivity contribution is 0.111. The molecule has 0 amide bonds. The summed E-state index contributed by atoms with van der Waals surface area (Å²) in [6, 6.07) is 4.33. The van der Waals surface area contributed by atoms with E-state index in [1.807, 2.05) is 13.8 Å². The smallest absolute Gasteiger partial charge is 0.262 e. The van der Waals surface area contributed by atoms with Crippen LogP contribution in [0.25, 0.3) is 16.7 Å². The number of nitrogens with one attached hydrogen (secondary N) is 1. The molecular weight excluding hydrogens is 338 g/mol. The van der Waals surface area contributed by atoms with Gasteiger partial charge in [-0.1, -0.05) is 12.1 Å². The van der Waals surface area contributed by atoms with E-state index in [1.54, 1.807) is 10.9 Å². The zero-order valence-corrected chi connectivity index (χ0v) is 14.5. The number of hydrogen-bond acceptors (Lipinski definition) is 3. The van der Waals surface area contributed by atoms with E-state index in [0.717, 1.165) is 16.8 Å². The lowest BCUT2D eigenvalue weighted by Crippen LogP contribution is -2.11. The van der Waals surface area contributed by atoms with Crippen LogP contribution in [0.15, 0.2) is 23.1 Å². The molecule has 1 N–H and O–H groups in total. The average molecular weight is 356 g/mol. The topological polar surface area (TPSA) is 63.6 Å². The van der Waals surface area contributed by atoms with Crippen LogP contribution in [0.1, 0.15) is 53.6 Å². The molecule has 2 fully saturated rings. The molecule has 2 aliphatic carbocycles. The minimum atomic E-state index is -2.78. The SMILES string of the molecule is Cc1cc(C2CC2)cc(C)c1-n1cc2c(=O)[nH]c(C3CC3(F)F)nc2n1. The molecule has 134 valence electrons. The fourth-order valence-electron chi connectivity index (χ4n) is 3.73. The van der Waals surface area contributed by atoms with Crippen molar-refractivity contribution < 1.29 is 8.78 Å². The van der Waals surface area contributed by atoms with E-state index in [2.05, 4.69) is 27.2 Å². The van der Waals surface area contributed by atoms with E-state index < -0.39 is 17.4 Å². The summed E-state index contributed by atoms with van der Waals surface area (Å²) < 4.78 is 28.3. The number of aryl methyl sites for hydroxylation is 2. The third-order valence-electron chi connectivity index (χ3n) is 5.35. The van der Waals surface area contributed by atoms with E-state index in [0.29, 0.717) is 11.3 Å². The third kappa shape index (κ3) is 2.37. The van der Waals surface area contributed by atoms with Gasteiger partial charge in [0.15, 0.2) is 5.65 Å². The summed E-state index contributed by atoms with van der Waals surface area (Å²) in [5.41, 5.74) is 4.18. The molecule has 0 radical (unpaired) electrons. The average Bonchev–Trinajstić information content (AvgIpc) is 3.45. The van der Waals surface area contributed by atoms with Crippen molar-refractivity contribution in [3.8, 4) is 5.69 Å². The normalized spacial score (nSPS) is 21.3. The second-order valence-electron chi connectivity index (χ2n) is 7.56. The molecule has 26 heavy (non-hydrogen) atoms. The van der Waals surface area contributed by atoms with Crippen molar-refractivity contribution >= 4 is 11.0 Å². The molecule has 7 heteroatoms. The van der Waals surface area contributed by atoms with Gasteiger partial charge in [0.1, 0.15) is 11.2 Å². The highest BCUT2D eigenvalue weighted by molar-refractivity contribution is 5.74. The van der Waals surface area contributed by atoms with Gasteiger partial charge in [-0.05, 0) is 49.3 Å². The van der Waals surface area contributed by atoms with Gasteiger partial charge in [-0.15, -0.1) is 5.10 Å². The zero-order chi connectivity index (χ0) is 18.2. The predicted octanol–water partition coefficient (Wildman–Crippen LogP) is 3.73. The van der Waals surface area contributed by atoms with Gasteiger partial charge in [0.05, 0.1) is 11.6 Å². The first kappa shape index (κ1) is 15.7. The lowest BCUT2D eigenvalue weighted by atomic mass is 10.0. The highest BCUT2D eigenvalue weighted by Crippen LogP contribution is 2.54. The van der Waals surface area contributed by atoms with Gasteiger partial charge >= 0.3 is 0 Å². The first-order valence-electron chi connectivity index (χ1n) is 8.82. The van der Waals surface area contributed by atoms with E-state index in [1.165, 1.54) is 18.4 Å². The maximum Gasteiger partial charge on any atom is 0.262 e. The number of rotatable bonds is 3. The summed E-state index contributed by atoms with van der Waals surface area (Å²) in [5.74, 6) is -3.11. The Hall–Kier alpha value is -2.57. The largest absolute Gasteiger partial charge is 0.309 e. The van der Waals surface area contributed by atoms with Crippen LogP contribution in [-0.4, -0.2) is 25.7 Å². The molecule has 2 aliphatic rings. The second-order valence-corrected chi connectivity index (χ2v) is 7.56. The summed E-state index contributed by atoms with van der Waals surface area (Å²) in [6.45, 7) is 4.04. The van der Waals surface area contributed by atoms with Gasteiger partial charge in [0.2, 0.25) is 0 Å². The predicted molar refractivity (Wildman–Crippen MR) is 93.2 cm³/mol. The summed E-state index contributed by atoms with van der Waals surface area (Å²) in [5, 5.41) is 4.72. The molecule has 5 nitrogen and oxygen atoms in total. The number of nitrogens with zero attached hydrogens (tertiary/aromatic N) is 3. The third-order valence-corrected chi connectivity index (χ3v) is 5.35. The quantitative estimate of drug-likeness (QED) is 0.778. The summed E-state index contributed by atoms with van der Waals surface area (Å²) in [6.07, 6.45) is 3.82. The Morgan fingerprint density at radius 2 is 1.88 bits per heavy atom. The Morgan fingerprint density at radius 3 is 2.46 bits per heavy atom. The van der Waals surface area contributed by atoms with Crippen LogP contribution in [0, 0.1) is 13.8 Å². The molecule has 0 aliphatic heterocycles. The lowest BCUT2D eigenvalue weighted by Gasteiger charge is -2.12. The zero-order valence-electron chi connectivity index (χ0n) is 14.5. The number of alkyl halides is 2. The van der Waals surface area contributed by atoms with Gasteiger partial charge < -0.3 is 4.98 Å². The van der Waals surface area contributed by atoms with Crippen LogP contribution < -0.4 is 5.56 Å². The number of H-pyrrole nitrogens is 1. The van der Waals surface area contributed by atoms with Gasteiger partial charge in [-0.25, -0.2) is 18.4 Å². The number of halogens is 2. The minimum Gasteiger partial charge on any atom is -0.309 e. The number of benzene rings is 1. The summed E-state index contributed by atoms with van der Waals surface area (Å²) in [7, 11) is 0. The molecule has 0 spiro atoms. The molecule has 1 aromatic carbocycles. The Bertz CT molecular complexity index is 1090. The van der Waals surface area contributed by atoms with Crippen molar-refractivity contribution in [1.82, 2.24) is 19.7 Å². The molecule has 3 aromatic rings. The molecule has 1 unspecified atom stereocenters. The van der Waals surface area contributed by atoms with Crippen LogP contribution in [0.5, 0.6) is 0 Å². The minimum absolute atomic E-state index is 0.0234. The maximum absolute atomic E-state index is 13.3. The Labute approximate surface area is 148 Å². The van der Waals surface area contributed by atoms with Crippen LogP contribution in [0.4, 0.5) is 8.78 Å². The van der Waals surface area contributed by atoms with Crippen molar-refractivity contribution in [3.05, 3.63) is 51.2 Å². The van der Waals surface area contributed by atoms with Crippen LogP contribution in [-0.2, 0) is 0 Å². The highest BCUT2D eigenvalue weighted by atomic mass is 19.3. The van der Waals surface area contributed by atoms with Crippen molar-refractivity contribution in [2.45, 2.75) is 50.9 Å². The fraction of sp³-hybridized carbons (Fsp3) is 0.421. The second kappa shape index (κ2) is 4.99. The molecule has 2 heterocycles. The maximum atomic E-state index is 13.3. The Kier molecular flexibility index (Phi) is 3.01. The van der Waals surface area contributed by atoms with E-state index in [-0.39, 0.29) is 17.9 Å². The molecule has 5 rings (SSSR count). The molecular formula is C19H18F2N4O. The highest BCUT2D eigenvalue weighted by Gasteiger charge is 2.59. The van der Waals surface area contributed by atoms with Crippen molar-refractivity contribution in [3.63, 3.8) is 0 Å². The van der Waals surface area contributed by atoms with Crippen LogP contribution in [0.2, 0.25) is 0 Å². The van der Waals surface area contributed by atoms with Gasteiger partial charge in [0, 0.05) is 12.6 Å². The van der Waals surface area contributed by atoms with Crippen molar-refractivity contribution in [1.29, 1.82) is 0 Å². The first-order chi connectivity index (χ1) is 12.3. The van der Waals surface area contributed by atoms with Crippen LogP contribution in [0.3, 0.4) is 0 Å². The summed E-state index contributed by atoms with van der Waals surface area (Å²) in [4.78, 5) is 19.0. The van der Waals surface area contributed by atoms with Gasteiger partial charge in [-0.3, -0.25) is 4.79 Å². The number of aromatic nitrogens is 4. The molecule has 0 bridgehead atoms. The van der Waals surface area contributed by atoms with Crippen LogP contribution >= 0.6 is 0 Å². The standard InChI is InChI=1S/C19H18F2N4O/c1-9-5-12(11-3-4-11)6-10(2)15(9)25-8-13-16(24-25)22-17(23-18(13)26)14-7-19(14,20)21/h5-6,8,11,14H,3-4,7H2,1-2H3,(H,22,23,24,26). The van der Waals surface area contributed by atoms with E-state index >= 15 is 0 Å². The summed E-state index contributed by atoms with van der Waals surface area (Å²) >= 11 is 0. The molecule has 1 atom stereocenters. The fourth-order valence-corrected chi connectivity index (χ4v) is 3.73. The van der Waals surface area contributed by atoms with E-state index in [4.69, 9.17) is 0 Å². The number of aromatic amines is 1. The van der Waals surface area contributed by atoms with Crippen molar-refractivity contribution in [2.75, 3.05) is 0 Å². The Balaban J connectivity index is 1.62. The van der Waals surface area contributed by atoms with Gasteiger partial charge in [0.25, 0.3) is 11.5 Å². The molecule has 2 aromatic heterocycles.